The van der Waals surface area contributed by atoms with Gasteiger partial charge in [0.25, 0.3) is 5.91 Å². The summed E-state index contributed by atoms with van der Waals surface area (Å²) < 4.78 is 0. The van der Waals surface area contributed by atoms with Crippen LogP contribution < -0.4 is 0 Å². The fourth-order valence-electron chi connectivity index (χ4n) is 2.69. The fourth-order valence-corrected chi connectivity index (χ4v) is 2.89. The van der Waals surface area contributed by atoms with Crippen LogP contribution in [0.5, 0.6) is 0 Å². The maximum Gasteiger partial charge on any atom is 0.270 e. The molecule has 1 N–H and O–H groups in total. The number of rotatable bonds is 2. The lowest BCUT2D eigenvalue weighted by molar-refractivity contribution is 0.0730. The first kappa shape index (κ1) is 12.3. The molecule has 3 rings (SSSR count). The highest BCUT2D eigenvalue weighted by molar-refractivity contribution is 6.30. The van der Waals surface area contributed by atoms with Crippen LogP contribution in [0, 0.1) is 0 Å². The molecule has 0 saturated carbocycles. The first-order valence-electron chi connectivity index (χ1n) is 6.45. The third-order valence-electron chi connectivity index (χ3n) is 3.58. The largest absolute Gasteiger partial charge is 0.357 e. The molecule has 0 aliphatic carbocycles. The molecule has 1 saturated heterocycles. The zero-order valence-electron chi connectivity index (χ0n) is 10.5. The van der Waals surface area contributed by atoms with Crippen molar-refractivity contribution in [3.8, 4) is 0 Å². The Hall–Kier alpha value is -1.74. The van der Waals surface area contributed by atoms with Gasteiger partial charge in [-0.3, -0.25) is 4.79 Å². The summed E-state index contributed by atoms with van der Waals surface area (Å²) in [5.41, 5.74) is 1.76. The van der Waals surface area contributed by atoms with Gasteiger partial charge in [0.2, 0.25) is 0 Å². The lowest BCUT2D eigenvalue weighted by atomic mass is 10.0. The van der Waals surface area contributed by atoms with Crippen LogP contribution in [0.1, 0.15) is 34.9 Å². The standard InChI is InChI=1S/C15H15ClN2O/c16-12-5-1-4-11(10-12)14-7-3-9-18(14)15(19)13-6-2-8-17-13/h1-2,4-6,8,10,14,17H,3,7,9H2. The van der Waals surface area contributed by atoms with Gasteiger partial charge in [-0.15, -0.1) is 0 Å². The predicted octanol–water partition coefficient (Wildman–Crippen LogP) is 3.65. The molecule has 1 fully saturated rings. The summed E-state index contributed by atoms with van der Waals surface area (Å²) in [6, 6.07) is 11.6. The van der Waals surface area contributed by atoms with Crippen LogP contribution in [0.2, 0.25) is 5.02 Å². The molecule has 0 spiro atoms. The number of hydrogen-bond acceptors (Lipinski definition) is 1. The number of benzene rings is 1. The van der Waals surface area contributed by atoms with Crippen LogP contribution in [-0.4, -0.2) is 22.3 Å². The maximum atomic E-state index is 12.4. The molecule has 4 heteroatoms. The molecule has 1 aliphatic rings. The Balaban J connectivity index is 1.88. The van der Waals surface area contributed by atoms with E-state index in [4.69, 9.17) is 11.6 Å². The SMILES string of the molecule is O=C(c1ccc[nH]1)N1CCCC1c1cccc(Cl)c1. The van der Waals surface area contributed by atoms with E-state index in [-0.39, 0.29) is 11.9 Å². The Morgan fingerprint density at radius 2 is 2.21 bits per heavy atom. The van der Waals surface area contributed by atoms with Gasteiger partial charge in [-0.1, -0.05) is 23.7 Å². The minimum Gasteiger partial charge on any atom is -0.357 e. The Kier molecular flexibility index (Phi) is 3.30. The van der Waals surface area contributed by atoms with E-state index in [2.05, 4.69) is 4.98 Å². The number of hydrogen-bond donors (Lipinski definition) is 1. The third kappa shape index (κ3) is 2.38. The van der Waals surface area contributed by atoms with Crippen molar-refractivity contribution >= 4 is 17.5 Å². The van der Waals surface area contributed by atoms with Gasteiger partial charge in [0, 0.05) is 17.8 Å². The molecule has 0 radical (unpaired) electrons. The Labute approximate surface area is 117 Å². The molecule has 1 aromatic heterocycles. The number of aromatic nitrogens is 1. The molecule has 1 atom stereocenters. The van der Waals surface area contributed by atoms with Crippen molar-refractivity contribution in [3.05, 3.63) is 58.9 Å². The Morgan fingerprint density at radius 1 is 1.32 bits per heavy atom. The molecular formula is C15H15ClN2O. The van der Waals surface area contributed by atoms with Crippen molar-refractivity contribution in [1.29, 1.82) is 0 Å². The van der Waals surface area contributed by atoms with E-state index in [0.717, 1.165) is 30.0 Å². The van der Waals surface area contributed by atoms with Crippen molar-refractivity contribution in [2.24, 2.45) is 0 Å². The zero-order chi connectivity index (χ0) is 13.2. The normalized spacial score (nSPS) is 18.8. The number of aromatic amines is 1. The molecule has 2 heterocycles. The molecule has 98 valence electrons. The molecule has 3 nitrogen and oxygen atoms in total. The van der Waals surface area contributed by atoms with E-state index >= 15 is 0 Å². The van der Waals surface area contributed by atoms with Crippen LogP contribution in [0.15, 0.2) is 42.6 Å². The summed E-state index contributed by atoms with van der Waals surface area (Å²) in [4.78, 5) is 17.3. The van der Waals surface area contributed by atoms with Gasteiger partial charge in [0.05, 0.1) is 6.04 Å². The van der Waals surface area contributed by atoms with Gasteiger partial charge in [-0.25, -0.2) is 0 Å². The number of likely N-dealkylation sites (tertiary alicyclic amines) is 1. The second-order valence-electron chi connectivity index (χ2n) is 4.80. The summed E-state index contributed by atoms with van der Waals surface area (Å²) in [5.74, 6) is 0.0625. The molecule has 19 heavy (non-hydrogen) atoms. The molecular weight excluding hydrogens is 260 g/mol. The van der Waals surface area contributed by atoms with Gasteiger partial charge in [0.1, 0.15) is 5.69 Å². The second kappa shape index (κ2) is 5.10. The van der Waals surface area contributed by atoms with Crippen LogP contribution in [0.3, 0.4) is 0 Å². The molecule has 0 bridgehead atoms. The van der Waals surface area contributed by atoms with Crippen LogP contribution in [0.25, 0.3) is 0 Å². The van der Waals surface area contributed by atoms with Crippen molar-refractivity contribution in [1.82, 2.24) is 9.88 Å². The third-order valence-corrected chi connectivity index (χ3v) is 3.81. The van der Waals surface area contributed by atoms with Crippen LogP contribution in [0.4, 0.5) is 0 Å². The number of nitrogens with one attached hydrogen (secondary N) is 1. The van der Waals surface area contributed by atoms with Crippen molar-refractivity contribution in [2.75, 3.05) is 6.54 Å². The molecule has 1 aliphatic heterocycles. The molecule has 1 amide bonds. The first-order chi connectivity index (χ1) is 9.25. The minimum absolute atomic E-state index is 0.0625. The quantitative estimate of drug-likeness (QED) is 0.892. The topological polar surface area (TPSA) is 36.1 Å². The Morgan fingerprint density at radius 3 is 2.95 bits per heavy atom. The van der Waals surface area contributed by atoms with Crippen LogP contribution in [-0.2, 0) is 0 Å². The maximum absolute atomic E-state index is 12.4. The molecule has 2 aromatic rings. The number of H-pyrrole nitrogens is 1. The summed E-state index contributed by atoms with van der Waals surface area (Å²) >= 11 is 6.04. The van der Waals surface area contributed by atoms with Crippen molar-refractivity contribution < 1.29 is 4.79 Å². The summed E-state index contributed by atoms with van der Waals surface area (Å²) in [5, 5.41) is 0.719. The van der Waals surface area contributed by atoms with E-state index in [9.17, 15) is 4.79 Å². The number of carbonyl (C=O) groups is 1. The number of halogens is 1. The summed E-state index contributed by atoms with van der Waals surface area (Å²) in [7, 11) is 0. The van der Waals surface area contributed by atoms with E-state index in [1.54, 1.807) is 6.20 Å². The monoisotopic (exact) mass is 274 g/mol. The Bertz CT molecular complexity index is 580. The zero-order valence-corrected chi connectivity index (χ0v) is 11.2. The minimum atomic E-state index is 0.0625. The fraction of sp³-hybridized carbons (Fsp3) is 0.267. The number of amides is 1. The van der Waals surface area contributed by atoms with E-state index in [0.29, 0.717) is 5.69 Å². The second-order valence-corrected chi connectivity index (χ2v) is 5.23. The highest BCUT2D eigenvalue weighted by atomic mass is 35.5. The first-order valence-corrected chi connectivity index (χ1v) is 6.83. The van der Waals surface area contributed by atoms with E-state index < -0.39 is 0 Å². The van der Waals surface area contributed by atoms with Gasteiger partial charge in [-0.2, -0.15) is 0 Å². The number of nitrogens with zero attached hydrogens (tertiary/aromatic N) is 1. The lowest BCUT2D eigenvalue weighted by Gasteiger charge is -2.24. The predicted molar refractivity (Wildman–Crippen MR) is 75.3 cm³/mol. The molecule has 1 aromatic carbocycles. The summed E-state index contributed by atoms with van der Waals surface area (Å²) in [6.45, 7) is 0.801. The van der Waals surface area contributed by atoms with Crippen molar-refractivity contribution in [2.45, 2.75) is 18.9 Å². The highest BCUT2D eigenvalue weighted by Gasteiger charge is 2.30. The number of carbonyl (C=O) groups excluding carboxylic acids is 1. The summed E-state index contributed by atoms with van der Waals surface area (Å²) in [6.07, 6.45) is 3.80. The van der Waals surface area contributed by atoms with Crippen LogP contribution >= 0.6 is 11.6 Å². The van der Waals surface area contributed by atoms with Gasteiger partial charge < -0.3 is 9.88 Å². The van der Waals surface area contributed by atoms with Gasteiger partial charge in [-0.05, 0) is 42.7 Å². The van der Waals surface area contributed by atoms with Crippen molar-refractivity contribution in [3.63, 3.8) is 0 Å². The molecule has 1 unspecified atom stereocenters. The highest BCUT2D eigenvalue weighted by Crippen LogP contribution is 2.33. The lowest BCUT2D eigenvalue weighted by Crippen LogP contribution is -2.30. The van der Waals surface area contributed by atoms with Gasteiger partial charge >= 0.3 is 0 Å². The smallest absolute Gasteiger partial charge is 0.270 e. The average Bonchev–Trinajstić information content (AvgIpc) is 3.09. The van der Waals surface area contributed by atoms with Gasteiger partial charge in [0.15, 0.2) is 0 Å². The van der Waals surface area contributed by atoms with E-state index in [1.807, 2.05) is 41.3 Å². The average molecular weight is 275 g/mol. The van der Waals surface area contributed by atoms with E-state index in [1.165, 1.54) is 0 Å².